The number of hydrogen-bond acceptors (Lipinski definition) is 5. The number of nitrogen functional groups attached to an aromatic ring is 2. The molecule has 0 amide bonds. The van der Waals surface area contributed by atoms with Crippen molar-refractivity contribution in [2.24, 2.45) is 0 Å². The molecule has 4 N–H and O–H groups in total. The lowest BCUT2D eigenvalue weighted by atomic mass is 10.3. The molecule has 6 heteroatoms. The molecule has 1 rings (SSSR count). The summed E-state index contributed by atoms with van der Waals surface area (Å²) in [5, 5.41) is 12.4. The summed E-state index contributed by atoms with van der Waals surface area (Å²) < 4.78 is 0.368. The average Bonchev–Trinajstić information content (AvgIpc) is 2.01. The molecule has 0 fully saturated rings. The monoisotopic (exact) mass is 184 g/mol. The van der Waals surface area contributed by atoms with Crippen molar-refractivity contribution in [3.8, 4) is 0 Å². The summed E-state index contributed by atoms with van der Waals surface area (Å²) in [6.45, 7) is 0. The van der Waals surface area contributed by atoms with Crippen molar-refractivity contribution in [1.29, 1.82) is 0 Å². The van der Waals surface area contributed by atoms with E-state index in [0.717, 1.165) is 0 Å². The summed E-state index contributed by atoms with van der Waals surface area (Å²) >= 11 is 4.62. The Morgan fingerprint density at radius 3 is 2.83 bits per heavy atom. The maximum absolute atomic E-state index is 10.9. The molecule has 12 heavy (non-hydrogen) atoms. The van der Waals surface area contributed by atoms with Crippen LogP contribution in [0.2, 0.25) is 0 Å². The predicted octanol–water partition coefficient (Wildman–Crippen LogP) is -0.578. The third-order valence-corrected chi connectivity index (χ3v) is 1.47. The van der Waals surface area contributed by atoms with Crippen LogP contribution in [0.4, 0.5) is 11.8 Å². The Kier molecular flexibility index (Phi) is 2.39. The topological polar surface area (TPSA) is 91.9 Å². The van der Waals surface area contributed by atoms with Crippen LogP contribution in [0.25, 0.3) is 0 Å². The first kappa shape index (κ1) is 8.66. The standard InChI is InChI=1S/C6H8N4OS/c7-5-3-4(1-2-12)9-6(8)10(5)11/h2-3H,1,7H2,(H2,8,9). The van der Waals surface area contributed by atoms with Crippen molar-refractivity contribution in [3.63, 3.8) is 0 Å². The third-order valence-electron chi connectivity index (χ3n) is 1.31. The van der Waals surface area contributed by atoms with E-state index in [4.69, 9.17) is 11.5 Å². The molecule has 0 unspecified atom stereocenters. The lowest BCUT2D eigenvalue weighted by Crippen LogP contribution is -2.35. The zero-order valence-electron chi connectivity index (χ0n) is 6.23. The molecule has 0 saturated carbocycles. The van der Waals surface area contributed by atoms with E-state index in [-0.39, 0.29) is 11.8 Å². The van der Waals surface area contributed by atoms with Crippen molar-refractivity contribution >= 4 is 29.4 Å². The SMILES string of the molecule is Nc1cc(CC=S)nc(N)[n+]1[O-]. The molecule has 1 aromatic rings. The molecule has 0 radical (unpaired) electrons. The lowest BCUT2D eigenvalue weighted by molar-refractivity contribution is -0.577. The smallest absolute Gasteiger partial charge is 0.344 e. The van der Waals surface area contributed by atoms with Crippen LogP contribution in [0.5, 0.6) is 0 Å². The van der Waals surface area contributed by atoms with E-state index >= 15 is 0 Å². The van der Waals surface area contributed by atoms with Crippen molar-refractivity contribution in [2.45, 2.75) is 6.42 Å². The number of nitrogens with zero attached hydrogens (tertiary/aromatic N) is 2. The molecule has 0 aromatic carbocycles. The van der Waals surface area contributed by atoms with Crippen LogP contribution < -0.4 is 16.2 Å². The van der Waals surface area contributed by atoms with Crippen LogP contribution in [0.3, 0.4) is 0 Å². The van der Waals surface area contributed by atoms with Gasteiger partial charge < -0.3 is 16.7 Å². The van der Waals surface area contributed by atoms with Gasteiger partial charge in [-0.15, -0.1) is 4.98 Å². The summed E-state index contributed by atoms with van der Waals surface area (Å²) in [6.07, 6.45) is 0.477. The Balaban J connectivity index is 3.11. The summed E-state index contributed by atoms with van der Waals surface area (Å²) in [4.78, 5) is 3.77. The van der Waals surface area contributed by atoms with Crippen LogP contribution in [0.15, 0.2) is 6.07 Å². The highest BCUT2D eigenvalue weighted by Gasteiger charge is 2.05. The second-order valence-electron chi connectivity index (χ2n) is 2.20. The largest absolute Gasteiger partial charge is 0.754 e. The fraction of sp³-hybridized carbons (Fsp3) is 0.167. The fourth-order valence-corrected chi connectivity index (χ4v) is 0.947. The minimum absolute atomic E-state index is 0.0364. The molecule has 0 aliphatic heterocycles. The zero-order valence-corrected chi connectivity index (χ0v) is 7.04. The molecule has 64 valence electrons. The molecule has 0 bridgehead atoms. The van der Waals surface area contributed by atoms with Crippen molar-refractivity contribution in [2.75, 3.05) is 11.5 Å². The summed E-state index contributed by atoms with van der Waals surface area (Å²) in [7, 11) is 0. The maximum atomic E-state index is 10.9. The molecule has 0 saturated heterocycles. The minimum atomic E-state index is -0.151. The molecule has 0 aliphatic rings. The summed E-state index contributed by atoms with van der Waals surface area (Å²) in [6, 6.07) is 1.45. The molecule has 0 aliphatic carbocycles. The number of thiocarbonyl (C=S) groups is 1. The Morgan fingerprint density at radius 1 is 1.67 bits per heavy atom. The van der Waals surface area contributed by atoms with Gasteiger partial charge in [0.05, 0.1) is 0 Å². The number of aromatic nitrogens is 2. The Hall–Kier alpha value is -1.43. The lowest BCUT2D eigenvalue weighted by Gasteiger charge is -2.08. The van der Waals surface area contributed by atoms with Crippen LogP contribution >= 0.6 is 12.2 Å². The Labute approximate surface area is 74.6 Å². The zero-order chi connectivity index (χ0) is 9.14. The Morgan fingerprint density at radius 2 is 2.33 bits per heavy atom. The van der Waals surface area contributed by atoms with Gasteiger partial charge in [-0.2, -0.15) is 0 Å². The molecule has 1 aromatic heterocycles. The first-order valence-electron chi connectivity index (χ1n) is 3.23. The first-order valence-corrected chi connectivity index (χ1v) is 3.70. The van der Waals surface area contributed by atoms with Crippen molar-refractivity contribution in [3.05, 3.63) is 17.0 Å². The highest BCUT2D eigenvalue weighted by Crippen LogP contribution is 2.01. The molecule has 1 heterocycles. The molecule has 5 nitrogen and oxygen atoms in total. The molecule has 0 atom stereocenters. The van der Waals surface area contributed by atoms with Gasteiger partial charge in [0.15, 0.2) is 5.82 Å². The van der Waals surface area contributed by atoms with E-state index in [2.05, 4.69) is 17.2 Å². The third kappa shape index (κ3) is 1.59. The van der Waals surface area contributed by atoms with Crippen LogP contribution in [0, 0.1) is 5.21 Å². The molecule has 0 spiro atoms. The van der Waals surface area contributed by atoms with Crippen molar-refractivity contribution in [1.82, 2.24) is 4.98 Å². The minimum Gasteiger partial charge on any atom is -0.754 e. The molecular weight excluding hydrogens is 176 g/mol. The summed E-state index contributed by atoms with van der Waals surface area (Å²) in [5.74, 6) is -0.115. The maximum Gasteiger partial charge on any atom is 0.344 e. The van der Waals surface area contributed by atoms with Gasteiger partial charge in [-0.3, -0.25) is 0 Å². The van der Waals surface area contributed by atoms with Crippen LogP contribution in [-0.2, 0) is 6.42 Å². The van der Waals surface area contributed by atoms with E-state index in [0.29, 0.717) is 16.8 Å². The number of anilines is 2. The summed E-state index contributed by atoms with van der Waals surface area (Å²) in [5.41, 5.74) is 11.2. The highest BCUT2D eigenvalue weighted by molar-refractivity contribution is 7.78. The van der Waals surface area contributed by atoms with E-state index in [1.165, 1.54) is 11.4 Å². The van der Waals surface area contributed by atoms with Gasteiger partial charge in [0, 0.05) is 12.5 Å². The van der Waals surface area contributed by atoms with Crippen LogP contribution in [-0.4, -0.2) is 10.4 Å². The second-order valence-corrected chi connectivity index (χ2v) is 2.53. The van der Waals surface area contributed by atoms with Gasteiger partial charge >= 0.3 is 5.95 Å². The Bertz CT molecular complexity index is 291. The number of rotatable bonds is 2. The average molecular weight is 184 g/mol. The van der Waals surface area contributed by atoms with E-state index < -0.39 is 0 Å². The van der Waals surface area contributed by atoms with Crippen LogP contribution in [0.1, 0.15) is 5.69 Å². The van der Waals surface area contributed by atoms with Gasteiger partial charge in [0.1, 0.15) is 5.69 Å². The van der Waals surface area contributed by atoms with Crippen molar-refractivity contribution < 1.29 is 4.73 Å². The first-order chi connectivity index (χ1) is 5.65. The number of hydrogen-bond donors (Lipinski definition) is 2. The van der Waals surface area contributed by atoms with Gasteiger partial charge in [-0.1, -0.05) is 12.2 Å². The predicted molar refractivity (Wildman–Crippen MR) is 49.4 cm³/mol. The van der Waals surface area contributed by atoms with E-state index in [9.17, 15) is 5.21 Å². The normalized spacial score (nSPS) is 9.67. The van der Waals surface area contributed by atoms with Gasteiger partial charge in [-0.05, 0) is 5.37 Å². The fourth-order valence-electron chi connectivity index (χ4n) is 0.776. The van der Waals surface area contributed by atoms with Gasteiger partial charge in [-0.25, -0.2) is 4.73 Å². The quantitative estimate of drug-likeness (QED) is 0.364. The van der Waals surface area contributed by atoms with Gasteiger partial charge in [0.25, 0.3) is 0 Å². The van der Waals surface area contributed by atoms with Gasteiger partial charge in [0.2, 0.25) is 0 Å². The molecular formula is C6H8N4OS. The van der Waals surface area contributed by atoms with E-state index in [1.807, 2.05) is 0 Å². The van der Waals surface area contributed by atoms with E-state index in [1.54, 1.807) is 0 Å². The number of nitrogens with two attached hydrogens (primary N) is 2. The second kappa shape index (κ2) is 3.31. The highest BCUT2D eigenvalue weighted by atomic mass is 32.1.